The zero-order valence-corrected chi connectivity index (χ0v) is 16.8. The van der Waals surface area contributed by atoms with Gasteiger partial charge in [0.1, 0.15) is 24.3 Å². The van der Waals surface area contributed by atoms with Crippen molar-refractivity contribution in [2.45, 2.75) is 13.0 Å². The lowest BCUT2D eigenvalue weighted by Gasteiger charge is -2.11. The molecule has 0 aliphatic carbocycles. The summed E-state index contributed by atoms with van der Waals surface area (Å²) in [6, 6.07) is 16.0. The van der Waals surface area contributed by atoms with Gasteiger partial charge in [0.2, 0.25) is 0 Å². The van der Waals surface area contributed by atoms with Gasteiger partial charge in [-0.25, -0.2) is 14.5 Å². The van der Waals surface area contributed by atoms with Gasteiger partial charge in [0.05, 0.1) is 18.0 Å². The highest BCUT2D eigenvalue weighted by Crippen LogP contribution is 2.24. The van der Waals surface area contributed by atoms with Crippen LogP contribution in [0.4, 0.5) is 5.82 Å². The number of imidazole rings is 1. The molecule has 31 heavy (non-hydrogen) atoms. The van der Waals surface area contributed by atoms with Gasteiger partial charge in [-0.3, -0.25) is 4.79 Å². The average Bonchev–Trinajstić information content (AvgIpc) is 3.13. The summed E-state index contributed by atoms with van der Waals surface area (Å²) in [4.78, 5) is 21.4. The summed E-state index contributed by atoms with van der Waals surface area (Å²) in [5, 5.41) is 25.8. The third kappa shape index (κ3) is 4.52. The molecule has 0 bridgehead atoms. The molecule has 0 unspecified atom stereocenters. The molecular weight excluding hydrogens is 398 g/mol. The highest BCUT2D eigenvalue weighted by molar-refractivity contribution is 6.03. The second-order valence-corrected chi connectivity index (χ2v) is 6.88. The number of carbonyl (C=O) groups excluding carboxylic acids is 1. The number of hydrogen-bond acceptors (Lipinski definition) is 7. The van der Waals surface area contributed by atoms with Crippen molar-refractivity contribution >= 4 is 17.4 Å². The van der Waals surface area contributed by atoms with E-state index in [0.29, 0.717) is 34.3 Å². The molecular formula is C22H21N5O4. The summed E-state index contributed by atoms with van der Waals surface area (Å²) in [6.07, 6.45) is 0.648. The first kappa shape index (κ1) is 20.5. The topological polar surface area (TPSA) is 122 Å². The molecule has 3 aromatic heterocycles. The lowest BCUT2D eigenvalue weighted by Crippen LogP contribution is -2.21. The van der Waals surface area contributed by atoms with E-state index in [4.69, 9.17) is 9.84 Å². The SMILES string of the molecule is Cc1nc2ccc(-c3cccc(OC[C@H](O)CO)c3)nn2c1C(=O)Nc1ccccn1. The molecule has 3 N–H and O–H groups in total. The largest absolute Gasteiger partial charge is 0.491 e. The number of ether oxygens (including phenoxy) is 1. The molecule has 9 nitrogen and oxygen atoms in total. The summed E-state index contributed by atoms with van der Waals surface area (Å²) < 4.78 is 7.02. The Hall–Kier alpha value is -3.82. The van der Waals surface area contributed by atoms with Crippen LogP contribution in [0, 0.1) is 6.92 Å². The quantitative estimate of drug-likeness (QED) is 0.419. The first-order valence-corrected chi connectivity index (χ1v) is 9.66. The van der Waals surface area contributed by atoms with Gasteiger partial charge in [-0.05, 0) is 43.3 Å². The van der Waals surface area contributed by atoms with Gasteiger partial charge in [0.25, 0.3) is 5.91 Å². The summed E-state index contributed by atoms with van der Waals surface area (Å²) in [5.74, 6) is 0.609. The third-order valence-corrected chi connectivity index (χ3v) is 4.56. The molecule has 1 amide bonds. The number of aliphatic hydroxyl groups excluding tert-OH is 2. The van der Waals surface area contributed by atoms with Crippen LogP contribution in [0.25, 0.3) is 16.9 Å². The summed E-state index contributed by atoms with van der Waals surface area (Å²) >= 11 is 0. The Bertz CT molecular complexity index is 1210. The van der Waals surface area contributed by atoms with Gasteiger partial charge in [-0.2, -0.15) is 5.10 Å². The van der Waals surface area contributed by atoms with Gasteiger partial charge in [0.15, 0.2) is 11.3 Å². The molecule has 9 heteroatoms. The van der Waals surface area contributed by atoms with Crippen LogP contribution in [-0.2, 0) is 0 Å². The van der Waals surface area contributed by atoms with E-state index >= 15 is 0 Å². The number of pyridine rings is 1. The van der Waals surface area contributed by atoms with Crippen molar-refractivity contribution in [3.05, 3.63) is 72.2 Å². The fourth-order valence-electron chi connectivity index (χ4n) is 3.06. The highest BCUT2D eigenvalue weighted by Gasteiger charge is 2.19. The van der Waals surface area contributed by atoms with Crippen molar-refractivity contribution in [1.29, 1.82) is 0 Å². The Labute approximate surface area is 178 Å². The lowest BCUT2D eigenvalue weighted by molar-refractivity contribution is 0.0536. The predicted octanol–water partition coefficient (Wildman–Crippen LogP) is 2.08. The van der Waals surface area contributed by atoms with Crippen molar-refractivity contribution in [1.82, 2.24) is 19.6 Å². The second kappa shape index (κ2) is 8.90. The molecule has 4 aromatic rings. The molecule has 0 aliphatic heterocycles. The normalized spacial score (nSPS) is 12.0. The van der Waals surface area contributed by atoms with Crippen molar-refractivity contribution < 1.29 is 19.7 Å². The van der Waals surface area contributed by atoms with Crippen LogP contribution in [0.5, 0.6) is 5.75 Å². The number of fused-ring (bicyclic) bond motifs is 1. The molecule has 0 saturated heterocycles. The van der Waals surface area contributed by atoms with E-state index in [2.05, 4.69) is 20.4 Å². The van der Waals surface area contributed by atoms with Gasteiger partial charge >= 0.3 is 0 Å². The van der Waals surface area contributed by atoms with Gasteiger partial charge in [-0.15, -0.1) is 0 Å². The van der Waals surface area contributed by atoms with Gasteiger partial charge < -0.3 is 20.3 Å². The predicted molar refractivity (Wildman–Crippen MR) is 114 cm³/mol. The molecule has 0 saturated carbocycles. The highest BCUT2D eigenvalue weighted by atomic mass is 16.5. The molecule has 4 rings (SSSR count). The Morgan fingerprint density at radius 1 is 1.19 bits per heavy atom. The number of carbonyl (C=O) groups is 1. The molecule has 1 atom stereocenters. The number of aliphatic hydroxyl groups is 2. The first-order valence-electron chi connectivity index (χ1n) is 9.66. The lowest BCUT2D eigenvalue weighted by atomic mass is 10.1. The summed E-state index contributed by atoms with van der Waals surface area (Å²) in [7, 11) is 0. The number of benzene rings is 1. The fourth-order valence-corrected chi connectivity index (χ4v) is 3.06. The Morgan fingerprint density at radius 3 is 2.84 bits per heavy atom. The molecule has 0 fully saturated rings. The third-order valence-electron chi connectivity index (χ3n) is 4.56. The number of amides is 1. The maximum atomic E-state index is 12.9. The Kier molecular flexibility index (Phi) is 5.87. The van der Waals surface area contributed by atoms with Crippen LogP contribution in [0.3, 0.4) is 0 Å². The number of anilines is 1. The average molecular weight is 419 g/mol. The number of nitrogens with zero attached hydrogens (tertiary/aromatic N) is 4. The minimum Gasteiger partial charge on any atom is -0.491 e. The number of rotatable bonds is 7. The molecule has 3 heterocycles. The van der Waals surface area contributed by atoms with Gasteiger partial charge in [-0.1, -0.05) is 18.2 Å². The number of hydrogen-bond donors (Lipinski definition) is 3. The van der Waals surface area contributed by atoms with E-state index in [1.165, 1.54) is 4.52 Å². The fraction of sp³-hybridized carbons (Fsp3) is 0.182. The molecule has 1 aromatic carbocycles. The van der Waals surface area contributed by atoms with Crippen LogP contribution >= 0.6 is 0 Å². The second-order valence-electron chi connectivity index (χ2n) is 6.88. The summed E-state index contributed by atoms with van der Waals surface area (Å²) in [5.41, 5.74) is 2.80. The maximum absolute atomic E-state index is 12.9. The van der Waals surface area contributed by atoms with E-state index in [-0.39, 0.29) is 19.1 Å². The van der Waals surface area contributed by atoms with Crippen molar-refractivity contribution in [3.8, 4) is 17.0 Å². The number of nitrogens with one attached hydrogen (secondary N) is 1. The summed E-state index contributed by atoms with van der Waals surface area (Å²) in [6.45, 7) is 1.36. The van der Waals surface area contributed by atoms with Crippen LogP contribution < -0.4 is 10.1 Å². The van der Waals surface area contributed by atoms with E-state index in [1.54, 1.807) is 55.6 Å². The maximum Gasteiger partial charge on any atom is 0.277 e. The monoisotopic (exact) mass is 419 g/mol. The zero-order valence-electron chi connectivity index (χ0n) is 16.8. The number of aryl methyl sites for hydroxylation is 1. The van der Waals surface area contributed by atoms with Crippen molar-refractivity contribution in [3.63, 3.8) is 0 Å². The minimum absolute atomic E-state index is 0.0228. The van der Waals surface area contributed by atoms with Crippen LogP contribution in [0.2, 0.25) is 0 Å². The Morgan fingerprint density at radius 2 is 2.06 bits per heavy atom. The van der Waals surface area contributed by atoms with Gasteiger partial charge in [0, 0.05) is 11.8 Å². The first-order chi connectivity index (χ1) is 15.0. The zero-order chi connectivity index (χ0) is 21.8. The molecule has 158 valence electrons. The molecule has 0 aliphatic rings. The van der Waals surface area contributed by atoms with E-state index in [0.717, 1.165) is 5.56 Å². The standard InChI is InChI=1S/C22H21N5O4/c1-14-21(22(30)25-19-7-2-3-10-23-19)27-20(24-14)9-8-18(26-27)15-5-4-6-17(11-15)31-13-16(29)12-28/h2-11,16,28-29H,12-13H2,1H3,(H,23,25,30)/t16-/m1/s1. The molecule has 0 spiro atoms. The van der Waals surface area contributed by atoms with Crippen LogP contribution in [0.1, 0.15) is 16.2 Å². The van der Waals surface area contributed by atoms with E-state index in [1.807, 2.05) is 12.1 Å². The number of aromatic nitrogens is 4. The van der Waals surface area contributed by atoms with Crippen molar-refractivity contribution in [2.24, 2.45) is 0 Å². The molecule has 0 radical (unpaired) electrons. The van der Waals surface area contributed by atoms with Crippen molar-refractivity contribution in [2.75, 3.05) is 18.5 Å². The van der Waals surface area contributed by atoms with E-state index < -0.39 is 6.10 Å². The Balaban J connectivity index is 1.65. The van der Waals surface area contributed by atoms with Crippen LogP contribution in [0.15, 0.2) is 60.8 Å². The smallest absolute Gasteiger partial charge is 0.277 e. The van der Waals surface area contributed by atoms with Crippen LogP contribution in [-0.4, -0.2) is 55.0 Å². The minimum atomic E-state index is -0.952. The van der Waals surface area contributed by atoms with E-state index in [9.17, 15) is 9.90 Å².